The standard InChI is InChI=1S/C12H17NO6S2/c1-8-7-19-9(6-14)5-13(8)21(17,18)12-3-2-10(20-12)4-11(15)16/h2-3,8-9,14H,4-7H2,1H3,(H,15,16). The van der Waals surface area contributed by atoms with Crippen LogP contribution in [0.15, 0.2) is 16.3 Å². The first kappa shape index (κ1) is 16.4. The summed E-state index contributed by atoms with van der Waals surface area (Å²) in [6.45, 7) is 1.80. The lowest BCUT2D eigenvalue weighted by atomic mass is 10.2. The molecular weight excluding hydrogens is 318 g/mol. The summed E-state index contributed by atoms with van der Waals surface area (Å²) in [6, 6.07) is 2.61. The SMILES string of the molecule is CC1COC(CO)CN1S(=O)(=O)c1ccc(CC(=O)O)s1. The smallest absolute Gasteiger partial charge is 0.308 e. The molecule has 1 fully saturated rings. The van der Waals surface area contributed by atoms with Gasteiger partial charge in [-0.15, -0.1) is 11.3 Å². The quantitative estimate of drug-likeness (QED) is 0.793. The van der Waals surface area contributed by atoms with Crippen LogP contribution in [0, 0.1) is 0 Å². The van der Waals surface area contributed by atoms with E-state index in [-0.39, 0.29) is 36.4 Å². The topological polar surface area (TPSA) is 104 Å². The average Bonchev–Trinajstić information content (AvgIpc) is 2.87. The molecule has 0 radical (unpaired) electrons. The molecule has 0 saturated carbocycles. The van der Waals surface area contributed by atoms with Crippen LogP contribution in [-0.2, 0) is 26.0 Å². The third kappa shape index (κ3) is 3.61. The van der Waals surface area contributed by atoms with Gasteiger partial charge in [-0.2, -0.15) is 4.31 Å². The first-order chi connectivity index (χ1) is 9.84. The second-order valence-electron chi connectivity index (χ2n) is 4.85. The van der Waals surface area contributed by atoms with Crippen molar-refractivity contribution in [3.63, 3.8) is 0 Å². The molecule has 9 heteroatoms. The molecule has 1 saturated heterocycles. The molecule has 2 rings (SSSR count). The Morgan fingerprint density at radius 1 is 1.52 bits per heavy atom. The Hall–Kier alpha value is -1.00. The number of aliphatic hydroxyl groups is 1. The molecular formula is C12H17NO6S2. The van der Waals surface area contributed by atoms with Crippen molar-refractivity contribution in [1.29, 1.82) is 0 Å². The summed E-state index contributed by atoms with van der Waals surface area (Å²) in [5.74, 6) is -0.999. The number of ether oxygens (including phenoxy) is 1. The van der Waals surface area contributed by atoms with Crippen molar-refractivity contribution in [2.24, 2.45) is 0 Å². The highest BCUT2D eigenvalue weighted by Gasteiger charge is 2.36. The van der Waals surface area contributed by atoms with E-state index in [4.69, 9.17) is 14.9 Å². The molecule has 0 aliphatic carbocycles. The molecule has 1 aliphatic rings. The molecule has 2 heterocycles. The third-order valence-corrected chi connectivity index (χ3v) is 6.71. The first-order valence-electron chi connectivity index (χ1n) is 6.39. The number of thiophene rings is 1. The number of rotatable bonds is 5. The molecule has 2 atom stereocenters. The van der Waals surface area contributed by atoms with Crippen LogP contribution >= 0.6 is 11.3 Å². The van der Waals surface area contributed by atoms with Crippen molar-refractivity contribution < 1.29 is 28.2 Å². The highest BCUT2D eigenvalue weighted by Crippen LogP contribution is 2.28. The number of morpholine rings is 1. The normalized spacial score (nSPS) is 24.1. The minimum atomic E-state index is -3.70. The molecule has 1 aromatic heterocycles. The number of aliphatic hydroxyl groups excluding tert-OH is 1. The van der Waals surface area contributed by atoms with Gasteiger partial charge in [0.25, 0.3) is 10.0 Å². The Bertz CT molecular complexity index is 611. The van der Waals surface area contributed by atoms with Crippen molar-refractivity contribution >= 4 is 27.3 Å². The molecule has 0 spiro atoms. The Labute approximate surface area is 126 Å². The zero-order valence-corrected chi connectivity index (χ0v) is 13.1. The van der Waals surface area contributed by atoms with Crippen LogP contribution in [0.5, 0.6) is 0 Å². The largest absolute Gasteiger partial charge is 0.481 e. The zero-order chi connectivity index (χ0) is 15.6. The van der Waals surface area contributed by atoms with Gasteiger partial charge < -0.3 is 14.9 Å². The Morgan fingerprint density at radius 2 is 2.24 bits per heavy atom. The first-order valence-corrected chi connectivity index (χ1v) is 8.65. The summed E-state index contributed by atoms with van der Waals surface area (Å²) >= 11 is 0.959. The number of hydrogen-bond donors (Lipinski definition) is 2. The highest BCUT2D eigenvalue weighted by atomic mass is 32.2. The van der Waals surface area contributed by atoms with Crippen LogP contribution in [-0.4, -0.2) is 60.8 Å². The van der Waals surface area contributed by atoms with E-state index in [9.17, 15) is 13.2 Å². The third-order valence-electron chi connectivity index (χ3n) is 3.18. The molecule has 7 nitrogen and oxygen atoms in total. The van der Waals surface area contributed by atoms with Gasteiger partial charge in [0.2, 0.25) is 0 Å². The lowest BCUT2D eigenvalue weighted by Crippen LogP contribution is -2.51. The van der Waals surface area contributed by atoms with Crippen LogP contribution in [0.4, 0.5) is 0 Å². The van der Waals surface area contributed by atoms with E-state index < -0.39 is 22.1 Å². The minimum absolute atomic E-state index is 0.0894. The summed E-state index contributed by atoms with van der Waals surface area (Å²) < 4.78 is 32.0. The van der Waals surface area contributed by atoms with E-state index in [1.165, 1.54) is 16.4 Å². The van der Waals surface area contributed by atoms with Gasteiger partial charge in [-0.05, 0) is 19.1 Å². The molecule has 21 heavy (non-hydrogen) atoms. The number of aliphatic carboxylic acids is 1. The van der Waals surface area contributed by atoms with Gasteiger partial charge in [-0.3, -0.25) is 4.79 Å². The van der Waals surface area contributed by atoms with Crippen molar-refractivity contribution in [3.05, 3.63) is 17.0 Å². The van der Waals surface area contributed by atoms with Crippen LogP contribution in [0.1, 0.15) is 11.8 Å². The number of hydrogen-bond acceptors (Lipinski definition) is 6. The number of nitrogens with zero attached hydrogens (tertiary/aromatic N) is 1. The predicted molar refractivity (Wildman–Crippen MR) is 75.8 cm³/mol. The van der Waals surface area contributed by atoms with Gasteiger partial charge >= 0.3 is 5.97 Å². The van der Waals surface area contributed by atoms with E-state index in [1.54, 1.807) is 6.92 Å². The van der Waals surface area contributed by atoms with Crippen molar-refractivity contribution in [3.8, 4) is 0 Å². The number of sulfonamides is 1. The van der Waals surface area contributed by atoms with E-state index in [1.807, 2.05) is 0 Å². The van der Waals surface area contributed by atoms with Gasteiger partial charge in [-0.1, -0.05) is 0 Å². The van der Waals surface area contributed by atoms with E-state index in [0.29, 0.717) is 4.88 Å². The average molecular weight is 335 g/mol. The number of carbonyl (C=O) groups is 1. The number of carboxylic acids is 1. The summed E-state index contributed by atoms with van der Waals surface area (Å²) in [7, 11) is -3.70. The fourth-order valence-electron chi connectivity index (χ4n) is 2.09. The Kier molecular flexibility index (Phi) is 4.99. The second kappa shape index (κ2) is 6.41. The molecule has 0 bridgehead atoms. The van der Waals surface area contributed by atoms with E-state index >= 15 is 0 Å². The van der Waals surface area contributed by atoms with Crippen LogP contribution in [0.25, 0.3) is 0 Å². The molecule has 118 valence electrons. The molecule has 0 amide bonds. The molecule has 2 unspecified atom stereocenters. The molecule has 1 aromatic rings. The van der Waals surface area contributed by atoms with Crippen LogP contribution in [0.2, 0.25) is 0 Å². The molecule has 1 aliphatic heterocycles. The van der Waals surface area contributed by atoms with Crippen molar-refractivity contribution in [2.45, 2.75) is 29.7 Å². The second-order valence-corrected chi connectivity index (χ2v) is 8.14. The Morgan fingerprint density at radius 3 is 2.86 bits per heavy atom. The maximum absolute atomic E-state index is 12.6. The minimum Gasteiger partial charge on any atom is -0.481 e. The summed E-state index contributed by atoms with van der Waals surface area (Å²) in [4.78, 5) is 11.2. The highest BCUT2D eigenvalue weighted by molar-refractivity contribution is 7.91. The Balaban J connectivity index is 2.23. The van der Waals surface area contributed by atoms with Crippen molar-refractivity contribution in [2.75, 3.05) is 19.8 Å². The number of carboxylic acid groups (broad SMARTS) is 1. The molecule has 0 aromatic carbocycles. The lowest BCUT2D eigenvalue weighted by molar-refractivity contribution is -0.136. The fraction of sp³-hybridized carbons (Fsp3) is 0.583. The molecule has 2 N–H and O–H groups in total. The summed E-state index contributed by atoms with van der Waals surface area (Å²) in [6.07, 6.45) is -0.729. The fourth-order valence-corrected chi connectivity index (χ4v) is 5.22. The van der Waals surface area contributed by atoms with Crippen molar-refractivity contribution in [1.82, 2.24) is 4.31 Å². The maximum atomic E-state index is 12.6. The van der Waals surface area contributed by atoms with Gasteiger partial charge in [0.15, 0.2) is 0 Å². The zero-order valence-electron chi connectivity index (χ0n) is 11.4. The summed E-state index contributed by atoms with van der Waals surface area (Å²) in [5, 5.41) is 17.9. The van der Waals surface area contributed by atoms with E-state index in [0.717, 1.165) is 11.3 Å². The van der Waals surface area contributed by atoms with Gasteiger partial charge in [-0.25, -0.2) is 8.42 Å². The van der Waals surface area contributed by atoms with Gasteiger partial charge in [0.1, 0.15) is 4.21 Å². The van der Waals surface area contributed by atoms with Gasteiger partial charge in [0, 0.05) is 17.5 Å². The summed E-state index contributed by atoms with van der Waals surface area (Å²) in [5.41, 5.74) is 0. The van der Waals surface area contributed by atoms with E-state index in [2.05, 4.69) is 0 Å². The predicted octanol–water partition coefficient (Wildman–Crippen LogP) is 0.145. The van der Waals surface area contributed by atoms with Gasteiger partial charge in [0.05, 0.1) is 25.7 Å². The monoisotopic (exact) mass is 335 g/mol. The van der Waals surface area contributed by atoms with Crippen LogP contribution < -0.4 is 0 Å². The van der Waals surface area contributed by atoms with Crippen LogP contribution in [0.3, 0.4) is 0 Å². The lowest BCUT2D eigenvalue weighted by Gasteiger charge is -2.35. The maximum Gasteiger partial charge on any atom is 0.308 e.